The second-order valence-electron chi connectivity index (χ2n) is 20.2. The van der Waals surface area contributed by atoms with E-state index < -0.39 is 45.6 Å². The minimum Gasteiger partial charge on any atom is -0.492 e. The van der Waals surface area contributed by atoms with Crippen LogP contribution in [-0.4, -0.2) is 115 Å². The summed E-state index contributed by atoms with van der Waals surface area (Å²) in [5, 5.41) is 23.7. The lowest BCUT2D eigenvalue weighted by atomic mass is 9.46. The third kappa shape index (κ3) is 8.49. The standard InChI is InChI=1S/C51H63FN3O13/c1-29-26-54(17-16-53(29)28-40-30(2)67-48(61)68-40)44-38(52)24-35-43(46(44)63-5)55(32-9-10-32)27-36(45(35)59)47(60)66-22-21-65-20-19-64-18-6-7-41(58)51(62)15-13-37-34-11-8-31-23-33(56)12-14-49(31,3)42(34)39(57)25-50(37,51)4/h7,12,14,23-24,27,29,32,34,37,39,42,57,62H,6,8-11,13,15-22,25-26,28H2,1-5H3/t29?,34-,37-,39-,42+,49-,50-,51-/m1/s1. The van der Waals surface area contributed by atoms with Gasteiger partial charge in [-0.2, -0.15) is 0 Å². The van der Waals surface area contributed by atoms with Gasteiger partial charge < -0.3 is 47.5 Å². The molecule has 5 aliphatic carbocycles. The largest absolute Gasteiger partial charge is 0.519 e. The molecule has 1 aromatic carbocycles. The second kappa shape index (κ2) is 18.8. The Hall–Kier alpha value is -4.94. The molecule has 3 aromatic rings. The second-order valence-corrected chi connectivity index (χ2v) is 20.2. The summed E-state index contributed by atoms with van der Waals surface area (Å²) in [4.78, 5) is 68.7. The molecule has 2 N–H and O–H groups in total. The summed E-state index contributed by atoms with van der Waals surface area (Å²) < 4.78 is 50.9. The van der Waals surface area contributed by atoms with Gasteiger partial charge in [0.2, 0.25) is 5.43 Å². The number of fused-ring (bicyclic) bond motifs is 6. The van der Waals surface area contributed by atoms with Gasteiger partial charge in [0.05, 0.1) is 50.5 Å². The summed E-state index contributed by atoms with van der Waals surface area (Å²) in [6.45, 7) is 9.96. The summed E-state index contributed by atoms with van der Waals surface area (Å²) in [5.74, 6) is -1.45. The molecule has 1 unspecified atom stereocenters. The number of ketones is 2. The van der Waals surface area contributed by atoms with Crippen LogP contribution in [0.5, 0.6) is 5.75 Å². The number of ether oxygens (including phenoxy) is 4. The summed E-state index contributed by atoms with van der Waals surface area (Å²) in [7, 11) is 1.44. The number of aliphatic hydroxyl groups is 2. The number of aromatic nitrogens is 1. The van der Waals surface area contributed by atoms with Gasteiger partial charge in [0, 0.05) is 67.7 Å². The number of esters is 1. The van der Waals surface area contributed by atoms with Crippen LogP contribution >= 0.6 is 0 Å². The number of rotatable bonds is 17. The minimum atomic E-state index is -1.59. The van der Waals surface area contributed by atoms with Crippen molar-refractivity contribution >= 4 is 34.1 Å². The number of carbonyl (C=O) groups is 3. The van der Waals surface area contributed by atoms with Gasteiger partial charge in [0.1, 0.15) is 29.2 Å². The van der Waals surface area contributed by atoms with E-state index in [1.54, 1.807) is 19.1 Å². The first-order chi connectivity index (χ1) is 32.5. The van der Waals surface area contributed by atoms with E-state index >= 15 is 4.39 Å². The Bertz CT molecular complexity index is 2650. The fraction of sp³-hybridized carbons (Fsp3) is 0.608. The van der Waals surface area contributed by atoms with Crippen molar-refractivity contribution in [3.63, 3.8) is 0 Å². The molecule has 1 aliphatic heterocycles. The molecule has 68 heavy (non-hydrogen) atoms. The molecule has 0 spiro atoms. The van der Waals surface area contributed by atoms with Crippen LogP contribution in [0.15, 0.2) is 54.5 Å². The van der Waals surface area contributed by atoms with E-state index in [0.717, 1.165) is 31.3 Å². The van der Waals surface area contributed by atoms with Crippen LogP contribution in [0.3, 0.4) is 0 Å². The lowest BCUT2D eigenvalue weighted by molar-refractivity contribution is -0.174. The molecule has 367 valence electrons. The number of piperazine rings is 1. The lowest BCUT2D eigenvalue weighted by Crippen LogP contribution is -2.61. The summed E-state index contributed by atoms with van der Waals surface area (Å²) in [5.41, 5.74) is -1.99. The number of pyridine rings is 1. The van der Waals surface area contributed by atoms with Crippen LogP contribution in [0.2, 0.25) is 0 Å². The highest BCUT2D eigenvalue weighted by atomic mass is 19.1. The van der Waals surface area contributed by atoms with E-state index in [-0.39, 0.29) is 103 Å². The Kier molecular flexibility index (Phi) is 13.3. The topological polar surface area (TPSA) is 200 Å². The molecule has 0 bridgehead atoms. The van der Waals surface area contributed by atoms with Crippen LogP contribution in [0.4, 0.5) is 10.1 Å². The zero-order valence-corrected chi connectivity index (χ0v) is 39.6. The van der Waals surface area contributed by atoms with Crippen molar-refractivity contribution < 1.29 is 56.8 Å². The molecule has 1 radical (unpaired) electrons. The van der Waals surface area contributed by atoms with Gasteiger partial charge in [-0.15, -0.1) is 0 Å². The molecule has 6 aliphatic rings. The number of Topliss-reactive ketones (excluding diaryl/α,β-unsaturated/α-hetero) is 1. The number of methoxy groups -OCH3 is 1. The fourth-order valence-electron chi connectivity index (χ4n) is 12.6. The number of halogens is 1. The maximum Gasteiger partial charge on any atom is 0.519 e. The fourth-order valence-corrected chi connectivity index (χ4v) is 12.6. The molecule has 0 amide bonds. The summed E-state index contributed by atoms with van der Waals surface area (Å²) in [6.07, 6.45) is 12.3. The number of hydrogen-bond donors (Lipinski definition) is 2. The van der Waals surface area contributed by atoms with E-state index in [0.29, 0.717) is 62.5 Å². The molecule has 4 saturated carbocycles. The highest BCUT2D eigenvalue weighted by molar-refractivity contribution is 6.01. The molecule has 1 saturated heterocycles. The molecular weight excluding hydrogens is 882 g/mol. The Balaban J connectivity index is 0.739. The molecule has 3 heterocycles. The Morgan fingerprint density at radius 2 is 1.76 bits per heavy atom. The van der Waals surface area contributed by atoms with E-state index in [1.165, 1.54) is 25.8 Å². The number of carbonyl (C=O) groups excluding carboxylic acids is 3. The number of allylic oxidation sites excluding steroid dienone is 4. The van der Waals surface area contributed by atoms with Crippen molar-refractivity contribution in [3.05, 3.63) is 86.2 Å². The monoisotopic (exact) mass is 944 g/mol. The first kappa shape index (κ1) is 48.1. The van der Waals surface area contributed by atoms with Crippen LogP contribution in [0.25, 0.3) is 10.9 Å². The Morgan fingerprint density at radius 3 is 2.47 bits per heavy atom. The van der Waals surface area contributed by atoms with E-state index in [4.69, 9.17) is 27.8 Å². The zero-order chi connectivity index (χ0) is 48.3. The zero-order valence-electron chi connectivity index (χ0n) is 39.6. The maximum absolute atomic E-state index is 16.2. The third-order valence-corrected chi connectivity index (χ3v) is 16.3. The Labute approximate surface area is 394 Å². The molecule has 8 atom stereocenters. The summed E-state index contributed by atoms with van der Waals surface area (Å²) >= 11 is 0. The van der Waals surface area contributed by atoms with Crippen molar-refractivity contribution in [3.8, 4) is 5.75 Å². The smallest absolute Gasteiger partial charge is 0.492 e. The number of anilines is 1. The molecular formula is C51H63FN3O13. The van der Waals surface area contributed by atoms with Crippen LogP contribution < -0.4 is 20.9 Å². The number of hydrogen-bond acceptors (Lipinski definition) is 15. The van der Waals surface area contributed by atoms with Crippen molar-refractivity contribution in [2.24, 2.45) is 28.6 Å². The number of nitrogens with zero attached hydrogens (tertiary/aromatic N) is 3. The van der Waals surface area contributed by atoms with Crippen LogP contribution in [0, 0.1) is 47.7 Å². The van der Waals surface area contributed by atoms with Gasteiger partial charge in [-0.25, -0.2) is 14.0 Å². The number of benzene rings is 1. The molecule has 17 heteroatoms. The summed E-state index contributed by atoms with van der Waals surface area (Å²) in [6, 6.07) is 1.09. The van der Waals surface area contributed by atoms with E-state index in [9.17, 15) is 34.2 Å². The van der Waals surface area contributed by atoms with Crippen molar-refractivity contribution in [1.29, 1.82) is 0 Å². The highest BCUT2D eigenvalue weighted by Crippen LogP contribution is 2.67. The average molecular weight is 945 g/mol. The van der Waals surface area contributed by atoms with Gasteiger partial charge in [0.25, 0.3) is 0 Å². The first-order valence-corrected chi connectivity index (χ1v) is 24.1. The van der Waals surface area contributed by atoms with Gasteiger partial charge in [-0.3, -0.25) is 19.3 Å². The van der Waals surface area contributed by atoms with Crippen LogP contribution in [-0.2, 0) is 30.3 Å². The molecule has 5 fully saturated rings. The van der Waals surface area contributed by atoms with Gasteiger partial charge in [0.15, 0.2) is 28.9 Å². The van der Waals surface area contributed by atoms with E-state index in [2.05, 4.69) is 11.8 Å². The molecule has 2 aromatic heterocycles. The van der Waals surface area contributed by atoms with Gasteiger partial charge in [-0.1, -0.05) is 25.5 Å². The predicted molar refractivity (Wildman–Crippen MR) is 246 cm³/mol. The first-order valence-electron chi connectivity index (χ1n) is 24.1. The highest BCUT2D eigenvalue weighted by Gasteiger charge is 2.68. The third-order valence-electron chi connectivity index (χ3n) is 16.3. The van der Waals surface area contributed by atoms with E-state index in [1.807, 2.05) is 29.4 Å². The average Bonchev–Trinajstić information content (AvgIpc) is 4.04. The predicted octanol–water partition coefficient (Wildman–Crippen LogP) is 5.41. The maximum atomic E-state index is 16.2. The normalized spacial score (nSPS) is 30.2. The van der Waals surface area contributed by atoms with Crippen molar-refractivity contribution in [2.45, 2.75) is 109 Å². The minimum absolute atomic E-state index is 0.0123. The quantitative estimate of drug-likeness (QED) is 0.128. The Morgan fingerprint density at radius 1 is 1.01 bits per heavy atom. The number of aryl methyl sites for hydroxylation is 1. The molecule has 9 rings (SSSR count). The lowest BCUT2D eigenvalue weighted by Gasteiger charge is -2.59. The van der Waals surface area contributed by atoms with Crippen molar-refractivity contribution in [2.75, 3.05) is 64.7 Å². The SMILES string of the molecule is COc1c(N2CCN(Cc3oc(=O)oc3C)C(C)C2)c(F)cc2c(=O)c(C(=O)OCCOCCOCC[CH]C(=O)[C@]3(O)CC[C@@H]4[C@H]5CCC6=CC(=O)C=C[C@@]6(C)[C@@H]5[C@H](O)C[C@]43C)cn(C3CC3)c12. The van der Waals surface area contributed by atoms with Crippen molar-refractivity contribution in [1.82, 2.24) is 9.47 Å². The van der Waals surface area contributed by atoms with Gasteiger partial charge >= 0.3 is 11.8 Å². The number of aliphatic hydroxyl groups excluding tert-OH is 1. The molecule has 16 nitrogen and oxygen atoms in total. The van der Waals surface area contributed by atoms with Crippen LogP contribution in [0.1, 0.15) is 100 Å². The van der Waals surface area contributed by atoms with Gasteiger partial charge in [-0.05, 0) is 95.3 Å².